The predicted octanol–water partition coefficient (Wildman–Crippen LogP) is 1.96. The fraction of sp³-hybridized carbons (Fsp3) is 0.538. The lowest BCUT2D eigenvalue weighted by Gasteiger charge is -2.32. The molecule has 1 saturated carbocycles. The average molecular weight is 292 g/mol. The Morgan fingerprint density at radius 1 is 1.43 bits per heavy atom. The Morgan fingerprint density at radius 3 is 2.86 bits per heavy atom. The second-order valence-corrected chi connectivity index (χ2v) is 5.11. The molecular formula is C13H16N4O4. The van der Waals surface area contributed by atoms with Crippen molar-refractivity contribution in [1.82, 2.24) is 20.1 Å². The summed E-state index contributed by atoms with van der Waals surface area (Å²) in [6.45, 7) is 0. The van der Waals surface area contributed by atoms with Gasteiger partial charge in [0.25, 0.3) is 5.89 Å². The quantitative estimate of drug-likeness (QED) is 0.885. The van der Waals surface area contributed by atoms with Crippen molar-refractivity contribution >= 4 is 5.97 Å². The van der Waals surface area contributed by atoms with Crippen LogP contribution in [0, 0.1) is 0 Å². The van der Waals surface area contributed by atoms with Crippen LogP contribution in [0.2, 0.25) is 0 Å². The lowest BCUT2D eigenvalue weighted by Crippen LogP contribution is -2.32. The molecule has 0 unspecified atom stereocenters. The van der Waals surface area contributed by atoms with Crippen molar-refractivity contribution in [3.8, 4) is 11.6 Å². The molecule has 1 aliphatic carbocycles. The standard InChI is InChI=1S/C13H16N4O4/c1-20-13(5-3-2-4-6-13)12-16-10(21-17-12)8-9(11(18)19)15-7-14-8/h7H,2-6H2,1H3,(H,14,15)(H,18,19). The molecule has 0 saturated heterocycles. The SMILES string of the molecule is COC1(c2noc(-c3[nH]cnc3C(=O)O)n2)CCCCC1. The van der Waals surface area contributed by atoms with E-state index in [1.54, 1.807) is 7.11 Å². The highest BCUT2D eigenvalue weighted by Gasteiger charge is 2.39. The fourth-order valence-corrected chi connectivity index (χ4v) is 2.77. The number of nitrogens with zero attached hydrogens (tertiary/aromatic N) is 3. The minimum atomic E-state index is -1.15. The highest BCUT2D eigenvalue weighted by atomic mass is 16.5. The summed E-state index contributed by atoms with van der Waals surface area (Å²) < 4.78 is 10.9. The average Bonchev–Trinajstić information content (AvgIpc) is 3.16. The first kappa shape index (κ1) is 13.7. The van der Waals surface area contributed by atoms with E-state index >= 15 is 0 Å². The number of rotatable bonds is 4. The van der Waals surface area contributed by atoms with Gasteiger partial charge in [0.05, 0.1) is 6.33 Å². The second kappa shape index (κ2) is 5.28. The van der Waals surface area contributed by atoms with E-state index in [0.29, 0.717) is 5.82 Å². The van der Waals surface area contributed by atoms with Crippen LogP contribution < -0.4 is 0 Å². The third-order valence-corrected chi connectivity index (χ3v) is 3.94. The highest BCUT2D eigenvalue weighted by Crippen LogP contribution is 2.39. The number of aromatic amines is 1. The normalized spacial score (nSPS) is 17.8. The number of H-pyrrole nitrogens is 1. The van der Waals surface area contributed by atoms with Crippen LogP contribution in [0.15, 0.2) is 10.9 Å². The molecule has 0 spiro atoms. The van der Waals surface area contributed by atoms with Crippen molar-refractivity contribution in [2.45, 2.75) is 37.7 Å². The minimum absolute atomic E-state index is 0.113. The van der Waals surface area contributed by atoms with E-state index < -0.39 is 11.6 Å². The smallest absolute Gasteiger partial charge is 0.356 e. The maximum Gasteiger partial charge on any atom is 0.356 e. The third kappa shape index (κ3) is 2.31. The van der Waals surface area contributed by atoms with Gasteiger partial charge in [-0.3, -0.25) is 0 Å². The molecule has 2 N–H and O–H groups in total. The van der Waals surface area contributed by atoms with E-state index in [9.17, 15) is 4.79 Å². The van der Waals surface area contributed by atoms with Crippen molar-refractivity contribution < 1.29 is 19.2 Å². The van der Waals surface area contributed by atoms with Gasteiger partial charge in [-0.1, -0.05) is 24.4 Å². The molecule has 8 nitrogen and oxygen atoms in total. The van der Waals surface area contributed by atoms with Crippen molar-refractivity contribution in [2.75, 3.05) is 7.11 Å². The monoisotopic (exact) mass is 292 g/mol. The van der Waals surface area contributed by atoms with Gasteiger partial charge in [0.1, 0.15) is 11.3 Å². The zero-order valence-corrected chi connectivity index (χ0v) is 11.6. The van der Waals surface area contributed by atoms with Gasteiger partial charge in [-0.05, 0) is 12.8 Å². The molecule has 21 heavy (non-hydrogen) atoms. The van der Waals surface area contributed by atoms with Gasteiger partial charge in [0.15, 0.2) is 5.69 Å². The molecule has 0 bridgehead atoms. The maximum absolute atomic E-state index is 11.1. The number of carboxylic acid groups (broad SMARTS) is 1. The molecule has 0 aromatic carbocycles. The van der Waals surface area contributed by atoms with Crippen LogP contribution in [-0.2, 0) is 10.3 Å². The van der Waals surface area contributed by atoms with Crippen LogP contribution >= 0.6 is 0 Å². The molecule has 112 valence electrons. The van der Waals surface area contributed by atoms with E-state index in [-0.39, 0.29) is 17.3 Å². The number of carboxylic acids is 1. The van der Waals surface area contributed by atoms with Crippen LogP contribution in [0.5, 0.6) is 0 Å². The van der Waals surface area contributed by atoms with E-state index in [4.69, 9.17) is 14.4 Å². The molecule has 2 aromatic heterocycles. The summed E-state index contributed by atoms with van der Waals surface area (Å²) in [6.07, 6.45) is 6.20. The first-order valence-electron chi connectivity index (χ1n) is 6.83. The number of nitrogens with one attached hydrogen (secondary N) is 1. The second-order valence-electron chi connectivity index (χ2n) is 5.11. The maximum atomic E-state index is 11.1. The summed E-state index contributed by atoms with van der Waals surface area (Å²) in [5, 5.41) is 13.1. The lowest BCUT2D eigenvalue weighted by molar-refractivity contribution is -0.0527. The van der Waals surface area contributed by atoms with Crippen LogP contribution in [0.4, 0.5) is 0 Å². The number of ether oxygens (including phenoxy) is 1. The van der Waals surface area contributed by atoms with Crippen molar-refractivity contribution in [2.24, 2.45) is 0 Å². The summed E-state index contributed by atoms with van der Waals surface area (Å²) >= 11 is 0. The number of hydrogen-bond donors (Lipinski definition) is 2. The molecule has 1 fully saturated rings. The number of carbonyl (C=O) groups is 1. The van der Waals surface area contributed by atoms with Crippen molar-refractivity contribution in [3.63, 3.8) is 0 Å². The van der Waals surface area contributed by atoms with Gasteiger partial charge in [-0.15, -0.1) is 0 Å². The largest absolute Gasteiger partial charge is 0.476 e. The number of imidazole rings is 1. The molecule has 0 radical (unpaired) electrons. The van der Waals surface area contributed by atoms with Crippen molar-refractivity contribution in [3.05, 3.63) is 17.8 Å². The number of methoxy groups -OCH3 is 1. The first-order valence-corrected chi connectivity index (χ1v) is 6.83. The molecule has 0 amide bonds. The highest BCUT2D eigenvalue weighted by molar-refractivity contribution is 5.91. The topological polar surface area (TPSA) is 114 Å². The summed E-state index contributed by atoms with van der Waals surface area (Å²) in [5.41, 5.74) is -0.465. The summed E-state index contributed by atoms with van der Waals surface area (Å²) in [6, 6.07) is 0. The van der Waals surface area contributed by atoms with Gasteiger partial charge in [-0.2, -0.15) is 4.98 Å². The minimum Gasteiger partial charge on any atom is -0.476 e. The van der Waals surface area contributed by atoms with Crippen LogP contribution in [0.1, 0.15) is 48.4 Å². The van der Waals surface area contributed by atoms with Gasteiger partial charge in [-0.25, -0.2) is 9.78 Å². The molecule has 2 heterocycles. The lowest BCUT2D eigenvalue weighted by atomic mass is 9.84. The number of aromatic carboxylic acids is 1. The third-order valence-electron chi connectivity index (χ3n) is 3.94. The molecule has 1 aliphatic rings. The Balaban J connectivity index is 1.96. The van der Waals surface area contributed by atoms with Crippen LogP contribution in [0.25, 0.3) is 11.6 Å². The van der Waals surface area contributed by atoms with Gasteiger partial charge in [0, 0.05) is 7.11 Å². The summed E-state index contributed by atoms with van der Waals surface area (Å²) in [4.78, 5) is 21.9. The van der Waals surface area contributed by atoms with Crippen molar-refractivity contribution in [1.29, 1.82) is 0 Å². The zero-order valence-electron chi connectivity index (χ0n) is 11.6. The number of aromatic nitrogens is 4. The molecule has 0 aliphatic heterocycles. The Hall–Kier alpha value is -2.22. The fourth-order valence-electron chi connectivity index (χ4n) is 2.77. The number of hydrogen-bond acceptors (Lipinski definition) is 6. The Bertz CT molecular complexity index is 642. The first-order chi connectivity index (χ1) is 10.2. The molecule has 2 aromatic rings. The van der Waals surface area contributed by atoms with Crippen LogP contribution in [-0.4, -0.2) is 38.3 Å². The Morgan fingerprint density at radius 2 is 2.19 bits per heavy atom. The summed E-state index contributed by atoms with van der Waals surface area (Å²) in [5.74, 6) is -0.572. The molecular weight excluding hydrogens is 276 g/mol. The van der Waals surface area contributed by atoms with E-state index in [1.165, 1.54) is 12.7 Å². The molecule has 8 heteroatoms. The predicted molar refractivity (Wildman–Crippen MR) is 70.6 cm³/mol. The van der Waals surface area contributed by atoms with E-state index in [0.717, 1.165) is 25.7 Å². The molecule has 0 atom stereocenters. The van der Waals surface area contributed by atoms with Gasteiger partial charge in [0.2, 0.25) is 5.82 Å². The zero-order chi connectivity index (χ0) is 14.9. The van der Waals surface area contributed by atoms with Gasteiger partial charge >= 0.3 is 5.97 Å². The Labute approximate surface area is 120 Å². The molecule has 3 rings (SSSR count). The van der Waals surface area contributed by atoms with E-state index in [1.807, 2.05) is 0 Å². The Kier molecular flexibility index (Phi) is 3.46. The van der Waals surface area contributed by atoms with Crippen LogP contribution in [0.3, 0.4) is 0 Å². The van der Waals surface area contributed by atoms with E-state index in [2.05, 4.69) is 20.1 Å². The summed E-state index contributed by atoms with van der Waals surface area (Å²) in [7, 11) is 1.64. The van der Waals surface area contributed by atoms with Gasteiger partial charge < -0.3 is 19.4 Å².